The molecule has 0 fully saturated rings. The van der Waals surface area contributed by atoms with Crippen LogP contribution in [0.4, 0.5) is 5.82 Å². The Morgan fingerprint density at radius 2 is 2.29 bits per heavy atom. The molecule has 0 unspecified atom stereocenters. The van der Waals surface area contributed by atoms with Crippen LogP contribution in [0.25, 0.3) is 0 Å². The van der Waals surface area contributed by atoms with Crippen molar-refractivity contribution in [2.45, 2.75) is 16.6 Å². The molecule has 0 saturated carbocycles. The third-order valence-electron chi connectivity index (χ3n) is 2.70. The van der Waals surface area contributed by atoms with E-state index in [1.54, 1.807) is 24.0 Å². The summed E-state index contributed by atoms with van der Waals surface area (Å²) in [6.45, 7) is 0. The molecule has 0 bridgehead atoms. The van der Waals surface area contributed by atoms with Gasteiger partial charge in [0.1, 0.15) is 5.82 Å². The molecule has 1 atom stereocenters. The second-order valence-electron chi connectivity index (χ2n) is 3.88. The van der Waals surface area contributed by atoms with Crippen LogP contribution < -0.4 is 5.32 Å². The van der Waals surface area contributed by atoms with Crippen molar-refractivity contribution in [3.05, 3.63) is 42.1 Å². The lowest BCUT2D eigenvalue weighted by atomic mass is 10.1. The molecule has 5 heteroatoms. The molecule has 4 nitrogen and oxygen atoms in total. The van der Waals surface area contributed by atoms with E-state index >= 15 is 0 Å². The largest absolute Gasteiger partial charge is 0.310 e. The van der Waals surface area contributed by atoms with Gasteiger partial charge in [-0.2, -0.15) is 5.10 Å². The molecule has 1 aliphatic heterocycles. The number of rotatable bonds is 2. The van der Waals surface area contributed by atoms with Gasteiger partial charge < -0.3 is 5.32 Å². The van der Waals surface area contributed by atoms with E-state index < -0.39 is 0 Å². The third-order valence-corrected chi connectivity index (χ3v) is 4.02. The van der Waals surface area contributed by atoms with Gasteiger partial charge in [-0.3, -0.25) is 9.89 Å². The van der Waals surface area contributed by atoms with Crippen LogP contribution in [0.3, 0.4) is 0 Å². The number of aromatic amines is 1. The van der Waals surface area contributed by atoms with E-state index in [0.29, 0.717) is 5.82 Å². The lowest BCUT2D eigenvalue weighted by Gasteiger charge is -2.07. The Hall–Kier alpha value is -1.75. The fraction of sp³-hybridized carbons (Fsp3) is 0.167. The molecule has 1 aromatic heterocycles. The number of aromatic nitrogens is 2. The number of fused-ring (bicyclic) bond motifs is 1. The number of nitrogens with zero attached hydrogens (tertiary/aromatic N) is 1. The number of nitrogens with one attached hydrogen (secondary N) is 2. The summed E-state index contributed by atoms with van der Waals surface area (Å²) >= 11 is 1.62. The summed E-state index contributed by atoms with van der Waals surface area (Å²) in [7, 11) is 0. The SMILES string of the molecule is O=C(Nc1ccn[nH]1)[C@H]1Cc2ccccc2S1. The third kappa shape index (κ3) is 2.06. The molecule has 1 amide bonds. The van der Waals surface area contributed by atoms with Gasteiger partial charge in [-0.1, -0.05) is 18.2 Å². The van der Waals surface area contributed by atoms with Crippen molar-refractivity contribution in [2.24, 2.45) is 0 Å². The summed E-state index contributed by atoms with van der Waals surface area (Å²) < 4.78 is 0. The molecule has 0 aliphatic carbocycles. The van der Waals surface area contributed by atoms with Crippen molar-refractivity contribution in [1.82, 2.24) is 10.2 Å². The first kappa shape index (κ1) is 10.4. The number of carbonyl (C=O) groups is 1. The summed E-state index contributed by atoms with van der Waals surface area (Å²) in [4.78, 5) is 13.2. The fourth-order valence-electron chi connectivity index (χ4n) is 1.87. The highest BCUT2D eigenvalue weighted by Gasteiger charge is 2.28. The Bertz CT molecular complexity index is 513. The molecular weight excluding hydrogens is 234 g/mol. The van der Waals surface area contributed by atoms with Crippen LogP contribution in [0.1, 0.15) is 5.56 Å². The monoisotopic (exact) mass is 245 g/mol. The van der Waals surface area contributed by atoms with E-state index in [0.717, 1.165) is 6.42 Å². The predicted octanol–water partition coefficient (Wildman–Crippen LogP) is 2.07. The number of H-pyrrole nitrogens is 1. The molecule has 17 heavy (non-hydrogen) atoms. The van der Waals surface area contributed by atoms with Gasteiger partial charge >= 0.3 is 0 Å². The molecule has 86 valence electrons. The van der Waals surface area contributed by atoms with E-state index in [1.165, 1.54) is 10.5 Å². The van der Waals surface area contributed by atoms with E-state index in [1.807, 2.05) is 12.1 Å². The highest BCUT2D eigenvalue weighted by Crippen LogP contribution is 2.37. The maximum atomic E-state index is 12.0. The average molecular weight is 245 g/mol. The predicted molar refractivity (Wildman–Crippen MR) is 67.0 cm³/mol. The van der Waals surface area contributed by atoms with Crippen LogP contribution in [-0.4, -0.2) is 21.4 Å². The zero-order chi connectivity index (χ0) is 11.7. The Morgan fingerprint density at radius 3 is 3.06 bits per heavy atom. The molecule has 2 N–H and O–H groups in total. The number of amides is 1. The molecule has 0 radical (unpaired) electrons. The Kier molecular flexibility index (Phi) is 2.60. The van der Waals surface area contributed by atoms with Crippen molar-refractivity contribution >= 4 is 23.5 Å². The van der Waals surface area contributed by atoms with Gasteiger partial charge in [-0.15, -0.1) is 11.8 Å². The zero-order valence-corrected chi connectivity index (χ0v) is 9.83. The Labute approximate surface area is 103 Å². The maximum Gasteiger partial charge on any atom is 0.239 e. The Balaban J connectivity index is 1.70. The molecule has 3 rings (SSSR count). The lowest BCUT2D eigenvalue weighted by molar-refractivity contribution is -0.115. The highest BCUT2D eigenvalue weighted by atomic mass is 32.2. The van der Waals surface area contributed by atoms with Crippen LogP contribution in [0.15, 0.2) is 41.4 Å². The van der Waals surface area contributed by atoms with Gasteiger partial charge in [0.15, 0.2) is 0 Å². The van der Waals surface area contributed by atoms with Gasteiger partial charge in [-0.25, -0.2) is 0 Å². The van der Waals surface area contributed by atoms with E-state index in [-0.39, 0.29) is 11.2 Å². The van der Waals surface area contributed by atoms with Crippen LogP contribution in [-0.2, 0) is 11.2 Å². The highest BCUT2D eigenvalue weighted by molar-refractivity contribution is 8.01. The second-order valence-corrected chi connectivity index (χ2v) is 5.12. The summed E-state index contributed by atoms with van der Waals surface area (Å²) in [6.07, 6.45) is 2.41. The number of hydrogen-bond donors (Lipinski definition) is 2. The first-order valence-corrected chi connectivity index (χ1v) is 6.26. The normalized spacial score (nSPS) is 17.8. The number of benzene rings is 1. The molecule has 0 saturated heterocycles. The molecular formula is C12H11N3OS. The maximum absolute atomic E-state index is 12.0. The number of hydrogen-bond acceptors (Lipinski definition) is 3. The van der Waals surface area contributed by atoms with Gasteiger partial charge in [0.05, 0.1) is 11.4 Å². The second kappa shape index (κ2) is 4.25. The quantitative estimate of drug-likeness (QED) is 0.851. The van der Waals surface area contributed by atoms with Gasteiger partial charge in [0, 0.05) is 11.0 Å². The number of carbonyl (C=O) groups excluding carboxylic acids is 1. The minimum Gasteiger partial charge on any atom is -0.310 e. The molecule has 2 aromatic rings. The van der Waals surface area contributed by atoms with Crippen LogP contribution >= 0.6 is 11.8 Å². The lowest BCUT2D eigenvalue weighted by Crippen LogP contribution is -2.24. The Morgan fingerprint density at radius 1 is 1.41 bits per heavy atom. The summed E-state index contributed by atoms with van der Waals surface area (Å²) in [5.41, 5.74) is 1.25. The average Bonchev–Trinajstić information content (AvgIpc) is 2.96. The van der Waals surface area contributed by atoms with Crippen LogP contribution in [0.2, 0.25) is 0 Å². The molecule has 1 aromatic carbocycles. The molecule has 1 aliphatic rings. The summed E-state index contributed by atoms with van der Waals surface area (Å²) in [5, 5.41) is 9.29. The van der Waals surface area contributed by atoms with Crippen molar-refractivity contribution in [3.63, 3.8) is 0 Å². The van der Waals surface area contributed by atoms with Crippen molar-refractivity contribution < 1.29 is 4.79 Å². The number of thioether (sulfide) groups is 1. The first-order valence-electron chi connectivity index (χ1n) is 5.38. The number of anilines is 1. The van der Waals surface area contributed by atoms with E-state index in [9.17, 15) is 4.79 Å². The van der Waals surface area contributed by atoms with Gasteiger partial charge in [0.25, 0.3) is 0 Å². The standard InChI is InChI=1S/C12H11N3OS/c16-12(14-11-5-6-13-15-11)10-7-8-3-1-2-4-9(8)17-10/h1-6,10H,7H2,(H2,13,14,15,16)/t10-/m1/s1. The minimum atomic E-state index is -0.0456. The molecule has 0 spiro atoms. The van der Waals surface area contributed by atoms with E-state index in [4.69, 9.17) is 0 Å². The molecule has 2 heterocycles. The van der Waals surface area contributed by atoms with Gasteiger partial charge in [-0.05, 0) is 18.1 Å². The minimum absolute atomic E-state index is 0.0236. The summed E-state index contributed by atoms with van der Waals surface area (Å²) in [6, 6.07) is 9.88. The van der Waals surface area contributed by atoms with Crippen molar-refractivity contribution in [3.8, 4) is 0 Å². The van der Waals surface area contributed by atoms with Gasteiger partial charge in [0.2, 0.25) is 5.91 Å². The van der Waals surface area contributed by atoms with Crippen molar-refractivity contribution in [2.75, 3.05) is 5.32 Å². The smallest absolute Gasteiger partial charge is 0.239 e. The van der Waals surface area contributed by atoms with Crippen LogP contribution in [0, 0.1) is 0 Å². The topological polar surface area (TPSA) is 57.8 Å². The first-order chi connectivity index (χ1) is 8.33. The van der Waals surface area contributed by atoms with Crippen LogP contribution in [0.5, 0.6) is 0 Å². The summed E-state index contributed by atoms with van der Waals surface area (Å²) in [5.74, 6) is 0.669. The fourth-order valence-corrected chi connectivity index (χ4v) is 3.06. The van der Waals surface area contributed by atoms with Crippen molar-refractivity contribution in [1.29, 1.82) is 0 Å². The van der Waals surface area contributed by atoms with E-state index in [2.05, 4.69) is 27.6 Å². The zero-order valence-electron chi connectivity index (χ0n) is 9.01.